The maximum absolute atomic E-state index is 8.77. The Morgan fingerprint density at radius 1 is 1.38 bits per heavy atom. The fourth-order valence-corrected chi connectivity index (χ4v) is 3.25. The fraction of sp³-hybridized carbons (Fsp3) is 0.909. The summed E-state index contributed by atoms with van der Waals surface area (Å²) < 4.78 is 0. The first-order valence-corrected chi connectivity index (χ1v) is 5.33. The van der Waals surface area contributed by atoms with Crippen molar-refractivity contribution >= 4 is 5.71 Å². The molecule has 2 heteroatoms. The van der Waals surface area contributed by atoms with Crippen molar-refractivity contribution in [2.45, 2.75) is 46.0 Å². The molecule has 2 nitrogen and oxygen atoms in total. The van der Waals surface area contributed by atoms with Gasteiger partial charge < -0.3 is 5.21 Å². The molecule has 2 rings (SSSR count). The summed E-state index contributed by atoms with van der Waals surface area (Å²) in [5.41, 5.74) is 1.50. The maximum atomic E-state index is 8.77. The van der Waals surface area contributed by atoms with Crippen LogP contribution < -0.4 is 0 Å². The zero-order chi connectivity index (χ0) is 9.47. The summed E-state index contributed by atoms with van der Waals surface area (Å²) in [6.07, 6.45) is 6.12. The lowest BCUT2D eigenvalue weighted by molar-refractivity contribution is 0.0991. The molecule has 2 saturated carbocycles. The van der Waals surface area contributed by atoms with Crippen molar-refractivity contribution in [1.82, 2.24) is 0 Å². The Morgan fingerprint density at radius 3 is 2.77 bits per heavy atom. The van der Waals surface area contributed by atoms with E-state index in [9.17, 15) is 0 Å². The van der Waals surface area contributed by atoms with Gasteiger partial charge in [0, 0.05) is 0 Å². The first-order valence-electron chi connectivity index (χ1n) is 5.33. The molecule has 0 aromatic heterocycles. The van der Waals surface area contributed by atoms with Crippen molar-refractivity contribution in [2.24, 2.45) is 22.4 Å². The smallest absolute Gasteiger partial charge is 0.0576 e. The van der Waals surface area contributed by atoms with Gasteiger partial charge in [-0.1, -0.05) is 25.4 Å². The second kappa shape index (κ2) is 3.00. The molecule has 0 spiro atoms. The third kappa shape index (κ3) is 1.47. The van der Waals surface area contributed by atoms with E-state index in [0.29, 0.717) is 5.41 Å². The van der Waals surface area contributed by atoms with Gasteiger partial charge in [-0.15, -0.1) is 0 Å². The van der Waals surface area contributed by atoms with Crippen molar-refractivity contribution in [3.8, 4) is 0 Å². The Hall–Kier alpha value is -0.530. The predicted molar refractivity (Wildman–Crippen MR) is 53.1 cm³/mol. The Morgan fingerprint density at radius 2 is 2.15 bits per heavy atom. The van der Waals surface area contributed by atoms with E-state index in [1.54, 1.807) is 0 Å². The molecule has 2 atom stereocenters. The van der Waals surface area contributed by atoms with Crippen LogP contribution in [-0.2, 0) is 0 Å². The predicted octanol–water partition coefficient (Wildman–Crippen LogP) is 3.05. The third-order valence-electron chi connectivity index (χ3n) is 4.06. The van der Waals surface area contributed by atoms with Crippen LogP contribution in [0.2, 0.25) is 0 Å². The van der Waals surface area contributed by atoms with E-state index in [0.717, 1.165) is 30.4 Å². The molecular formula is C11H19NO. The molecule has 0 aromatic rings. The van der Waals surface area contributed by atoms with Gasteiger partial charge in [-0.3, -0.25) is 0 Å². The zero-order valence-electron chi connectivity index (χ0n) is 8.58. The summed E-state index contributed by atoms with van der Waals surface area (Å²) in [4.78, 5) is 0. The molecule has 0 amide bonds. The number of nitrogens with zero attached hydrogens (tertiary/aromatic N) is 1. The molecular weight excluding hydrogens is 162 g/mol. The maximum Gasteiger partial charge on any atom is 0.0576 e. The van der Waals surface area contributed by atoms with Crippen molar-refractivity contribution < 1.29 is 5.21 Å². The van der Waals surface area contributed by atoms with E-state index in [4.69, 9.17) is 5.21 Å². The zero-order valence-corrected chi connectivity index (χ0v) is 8.58. The SMILES string of the molecule is CC1(C)CCCC2CC(=NO)CC21. The quantitative estimate of drug-likeness (QED) is 0.452. The molecule has 2 fully saturated rings. The van der Waals surface area contributed by atoms with Gasteiger partial charge in [0.15, 0.2) is 0 Å². The van der Waals surface area contributed by atoms with Gasteiger partial charge in [-0.05, 0) is 42.9 Å². The first-order chi connectivity index (χ1) is 6.13. The van der Waals surface area contributed by atoms with Crippen LogP contribution >= 0.6 is 0 Å². The lowest BCUT2D eigenvalue weighted by atomic mass is 9.65. The van der Waals surface area contributed by atoms with Crippen LogP contribution in [-0.4, -0.2) is 10.9 Å². The van der Waals surface area contributed by atoms with Gasteiger partial charge >= 0.3 is 0 Å². The van der Waals surface area contributed by atoms with Gasteiger partial charge in [-0.25, -0.2) is 0 Å². The van der Waals surface area contributed by atoms with Crippen LogP contribution in [0, 0.1) is 17.3 Å². The molecule has 0 heterocycles. The van der Waals surface area contributed by atoms with Crippen LogP contribution in [0.25, 0.3) is 0 Å². The summed E-state index contributed by atoms with van der Waals surface area (Å²) >= 11 is 0. The molecule has 2 aliphatic rings. The van der Waals surface area contributed by atoms with Crippen LogP contribution in [0.15, 0.2) is 5.16 Å². The Balaban J connectivity index is 2.17. The van der Waals surface area contributed by atoms with E-state index in [1.165, 1.54) is 19.3 Å². The van der Waals surface area contributed by atoms with Crippen molar-refractivity contribution in [3.05, 3.63) is 0 Å². The molecule has 1 N–H and O–H groups in total. The highest BCUT2D eigenvalue weighted by atomic mass is 16.4. The molecule has 0 radical (unpaired) electrons. The van der Waals surface area contributed by atoms with Gasteiger partial charge in [0.1, 0.15) is 0 Å². The third-order valence-corrected chi connectivity index (χ3v) is 4.06. The van der Waals surface area contributed by atoms with Crippen molar-refractivity contribution in [3.63, 3.8) is 0 Å². The number of oxime groups is 1. The van der Waals surface area contributed by atoms with Crippen LogP contribution in [0.1, 0.15) is 46.0 Å². The highest BCUT2D eigenvalue weighted by Gasteiger charge is 2.43. The van der Waals surface area contributed by atoms with E-state index in [1.807, 2.05) is 0 Å². The lowest BCUT2D eigenvalue weighted by Crippen LogP contribution is -2.31. The number of hydrogen-bond acceptors (Lipinski definition) is 2. The molecule has 2 unspecified atom stereocenters. The highest BCUT2D eigenvalue weighted by Crippen LogP contribution is 2.50. The van der Waals surface area contributed by atoms with E-state index in [2.05, 4.69) is 19.0 Å². The summed E-state index contributed by atoms with van der Waals surface area (Å²) in [6, 6.07) is 0. The largest absolute Gasteiger partial charge is 0.411 e. The minimum Gasteiger partial charge on any atom is -0.411 e. The van der Waals surface area contributed by atoms with Gasteiger partial charge in [-0.2, -0.15) is 0 Å². The van der Waals surface area contributed by atoms with Crippen molar-refractivity contribution in [1.29, 1.82) is 0 Å². The topological polar surface area (TPSA) is 32.6 Å². The summed E-state index contributed by atoms with van der Waals surface area (Å²) in [5, 5.41) is 12.2. The van der Waals surface area contributed by atoms with E-state index in [-0.39, 0.29) is 0 Å². The molecule has 2 aliphatic carbocycles. The van der Waals surface area contributed by atoms with Gasteiger partial charge in [0.2, 0.25) is 0 Å². The number of rotatable bonds is 0. The first kappa shape index (κ1) is 9.04. The lowest BCUT2D eigenvalue weighted by Gasteiger charge is -2.40. The van der Waals surface area contributed by atoms with Gasteiger partial charge in [0.25, 0.3) is 0 Å². The minimum absolute atomic E-state index is 0.468. The molecule has 0 saturated heterocycles. The molecule has 0 aromatic carbocycles. The average molecular weight is 181 g/mol. The molecule has 74 valence electrons. The average Bonchev–Trinajstić information content (AvgIpc) is 2.48. The second-order valence-electron chi connectivity index (χ2n) is 5.32. The summed E-state index contributed by atoms with van der Waals surface area (Å²) in [7, 11) is 0. The summed E-state index contributed by atoms with van der Waals surface area (Å²) in [6.45, 7) is 4.73. The van der Waals surface area contributed by atoms with Crippen molar-refractivity contribution in [2.75, 3.05) is 0 Å². The highest BCUT2D eigenvalue weighted by molar-refractivity contribution is 5.86. The summed E-state index contributed by atoms with van der Waals surface area (Å²) in [5.74, 6) is 1.57. The Kier molecular flexibility index (Phi) is 2.09. The number of fused-ring (bicyclic) bond motifs is 1. The van der Waals surface area contributed by atoms with Crippen LogP contribution in [0.5, 0.6) is 0 Å². The van der Waals surface area contributed by atoms with Crippen LogP contribution in [0.3, 0.4) is 0 Å². The van der Waals surface area contributed by atoms with Gasteiger partial charge in [0.05, 0.1) is 5.71 Å². The monoisotopic (exact) mass is 181 g/mol. The standard InChI is InChI=1S/C11H19NO/c1-11(2)5-3-4-8-6-9(12-13)7-10(8)11/h8,10,13H,3-7H2,1-2H3. The molecule has 0 bridgehead atoms. The van der Waals surface area contributed by atoms with Crippen LogP contribution in [0.4, 0.5) is 0 Å². The molecule has 0 aliphatic heterocycles. The molecule has 13 heavy (non-hydrogen) atoms. The second-order valence-corrected chi connectivity index (χ2v) is 5.32. The minimum atomic E-state index is 0.468. The fourth-order valence-electron chi connectivity index (χ4n) is 3.25. The Labute approximate surface area is 80.0 Å². The number of hydrogen-bond donors (Lipinski definition) is 1. The van der Waals surface area contributed by atoms with E-state index < -0.39 is 0 Å². The normalized spacial score (nSPS) is 40.6. The van der Waals surface area contributed by atoms with E-state index >= 15 is 0 Å². The Bertz CT molecular complexity index is 232.